The first kappa shape index (κ1) is 21.1. The molecule has 1 aromatic heterocycles. The van der Waals surface area contributed by atoms with Gasteiger partial charge in [-0.15, -0.1) is 0 Å². The van der Waals surface area contributed by atoms with E-state index in [0.29, 0.717) is 16.3 Å². The second-order valence-corrected chi connectivity index (χ2v) is 6.51. The number of aromatic nitrogens is 2. The summed E-state index contributed by atoms with van der Waals surface area (Å²) in [5, 5.41) is 18.8. The summed E-state index contributed by atoms with van der Waals surface area (Å²) < 4.78 is 6.86. The average Bonchev–Trinajstić information content (AvgIpc) is 3.22. The zero-order valence-corrected chi connectivity index (χ0v) is 16.6. The summed E-state index contributed by atoms with van der Waals surface area (Å²) in [6.45, 7) is -0.0262. The summed E-state index contributed by atoms with van der Waals surface area (Å²) in [4.78, 5) is 27.0. The van der Waals surface area contributed by atoms with Gasteiger partial charge in [0.05, 0.1) is 9.95 Å². The molecule has 0 saturated heterocycles. The first-order valence-electron chi connectivity index (χ1n) is 8.25. The van der Waals surface area contributed by atoms with E-state index in [1.807, 2.05) is 0 Å². The van der Waals surface area contributed by atoms with Gasteiger partial charge in [0.25, 0.3) is 5.69 Å². The summed E-state index contributed by atoms with van der Waals surface area (Å²) >= 11 is 12.0. The van der Waals surface area contributed by atoms with Gasteiger partial charge in [-0.3, -0.25) is 10.1 Å². The number of halogens is 2. The maximum absolute atomic E-state index is 12.1. The molecule has 1 heterocycles. The molecule has 0 aliphatic rings. The second-order valence-electron chi connectivity index (χ2n) is 5.73. The Morgan fingerprint density at radius 1 is 1.20 bits per heavy atom. The average molecular weight is 450 g/mol. The van der Waals surface area contributed by atoms with Gasteiger partial charge in [-0.25, -0.2) is 9.48 Å². The van der Waals surface area contributed by atoms with Crippen LogP contribution in [0.5, 0.6) is 5.75 Å². The smallest absolute Gasteiger partial charge is 0.385 e. The highest BCUT2D eigenvalue weighted by Crippen LogP contribution is 2.31. The van der Waals surface area contributed by atoms with Gasteiger partial charge in [0.15, 0.2) is 18.3 Å². The van der Waals surface area contributed by atoms with Crippen molar-refractivity contribution in [2.24, 2.45) is 10.9 Å². The van der Waals surface area contributed by atoms with Gasteiger partial charge in [0.2, 0.25) is 0 Å². The first-order valence-corrected chi connectivity index (χ1v) is 9.00. The third-order valence-electron chi connectivity index (χ3n) is 3.72. The number of benzene rings is 2. The molecule has 0 saturated carbocycles. The number of carbonyl (C=O) groups is 1. The fourth-order valence-corrected chi connectivity index (χ4v) is 2.56. The van der Waals surface area contributed by atoms with Crippen LogP contribution in [0.25, 0.3) is 0 Å². The number of hydrogen-bond acceptors (Lipinski definition) is 7. The van der Waals surface area contributed by atoms with Crippen LogP contribution in [-0.4, -0.2) is 26.5 Å². The molecule has 10 nitrogen and oxygen atoms in total. The van der Waals surface area contributed by atoms with Gasteiger partial charge in [0, 0.05) is 23.9 Å². The molecule has 0 bridgehead atoms. The summed E-state index contributed by atoms with van der Waals surface area (Å²) in [7, 11) is 0. The summed E-state index contributed by atoms with van der Waals surface area (Å²) in [5.74, 6) is -0.611. The minimum atomic E-state index is -0.848. The van der Waals surface area contributed by atoms with E-state index in [0.717, 1.165) is 0 Å². The fraction of sp³-hybridized carbons (Fsp3) is 0.0556. The molecule has 0 aliphatic carbocycles. The van der Waals surface area contributed by atoms with Crippen molar-refractivity contribution in [3.8, 4) is 5.75 Å². The molecule has 12 heteroatoms. The van der Waals surface area contributed by atoms with Crippen LogP contribution >= 0.6 is 23.2 Å². The van der Waals surface area contributed by atoms with Crippen molar-refractivity contribution in [1.29, 1.82) is 0 Å². The molecule has 0 aliphatic heterocycles. The minimum Gasteiger partial charge on any atom is -0.470 e. The van der Waals surface area contributed by atoms with Gasteiger partial charge in [-0.2, -0.15) is 5.10 Å². The number of amidine groups is 1. The van der Waals surface area contributed by atoms with Gasteiger partial charge >= 0.3 is 5.97 Å². The molecule has 0 fully saturated rings. The lowest BCUT2D eigenvalue weighted by Crippen LogP contribution is -2.15. The second kappa shape index (κ2) is 9.25. The molecule has 3 aromatic rings. The number of hydrogen-bond donors (Lipinski definition) is 1. The number of nitrogens with two attached hydrogens (primary N) is 1. The van der Waals surface area contributed by atoms with Gasteiger partial charge in [-0.05, 0) is 30.3 Å². The lowest BCUT2D eigenvalue weighted by atomic mass is 10.2. The highest BCUT2D eigenvalue weighted by molar-refractivity contribution is 6.42. The Morgan fingerprint density at radius 2 is 1.93 bits per heavy atom. The van der Waals surface area contributed by atoms with Crippen LogP contribution in [0.4, 0.5) is 5.69 Å². The van der Waals surface area contributed by atoms with Crippen molar-refractivity contribution in [3.63, 3.8) is 0 Å². The Morgan fingerprint density at radius 3 is 2.63 bits per heavy atom. The lowest BCUT2D eigenvalue weighted by Gasteiger charge is -2.08. The number of carbonyl (C=O) groups excluding carboxylic acids is 1. The van der Waals surface area contributed by atoms with Crippen LogP contribution in [0.2, 0.25) is 10.0 Å². The number of nitro groups is 1. The van der Waals surface area contributed by atoms with Crippen molar-refractivity contribution in [2.45, 2.75) is 6.73 Å². The Labute approximate surface area is 179 Å². The highest BCUT2D eigenvalue weighted by Gasteiger charge is 2.13. The summed E-state index contributed by atoms with van der Waals surface area (Å²) in [5.41, 5.74) is 5.94. The van der Waals surface area contributed by atoms with E-state index in [-0.39, 0.29) is 29.0 Å². The van der Waals surface area contributed by atoms with E-state index in [1.165, 1.54) is 41.2 Å². The zero-order chi connectivity index (χ0) is 21.7. The molecule has 0 radical (unpaired) electrons. The monoisotopic (exact) mass is 449 g/mol. The molecule has 2 N–H and O–H groups in total. The van der Waals surface area contributed by atoms with Crippen molar-refractivity contribution in [1.82, 2.24) is 9.78 Å². The Balaban J connectivity index is 1.59. The normalized spacial score (nSPS) is 11.2. The molecule has 0 unspecified atom stereocenters. The predicted octanol–water partition coefficient (Wildman–Crippen LogP) is 3.61. The fourth-order valence-electron chi connectivity index (χ4n) is 2.22. The van der Waals surface area contributed by atoms with Crippen LogP contribution in [0.15, 0.2) is 59.9 Å². The third-order valence-corrected chi connectivity index (χ3v) is 4.52. The standard InChI is InChI=1S/C18H13Cl2N5O5/c19-13-2-1-3-15(16(13)20)29-10-24-9-8-14(22-24)18(26)30-23-17(21)11-4-6-12(7-5-11)25(27)28/h1-9H,10H2,(H2,21,23). The molecule has 2 aromatic carbocycles. The zero-order valence-electron chi connectivity index (χ0n) is 15.1. The predicted molar refractivity (Wildman–Crippen MR) is 109 cm³/mol. The lowest BCUT2D eigenvalue weighted by molar-refractivity contribution is -0.384. The quantitative estimate of drug-likeness (QED) is 0.191. The molecule has 0 spiro atoms. The largest absolute Gasteiger partial charge is 0.470 e. The summed E-state index contributed by atoms with van der Waals surface area (Å²) in [6, 6.07) is 11.6. The number of nitro benzene ring substituents is 1. The van der Waals surface area contributed by atoms with E-state index in [1.54, 1.807) is 18.2 Å². The summed E-state index contributed by atoms with van der Waals surface area (Å²) in [6.07, 6.45) is 1.50. The van der Waals surface area contributed by atoms with Gasteiger partial charge in [-0.1, -0.05) is 34.4 Å². The van der Waals surface area contributed by atoms with Gasteiger partial charge in [0.1, 0.15) is 10.8 Å². The van der Waals surface area contributed by atoms with Crippen molar-refractivity contribution in [3.05, 3.63) is 86.1 Å². The van der Waals surface area contributed by atoms with E-state index in [4.69, 9.17) is 38.5 Å². The van der Waals surface area contributed by atoms with E-state index >= 15 is 0 Å². The number of oxime groups is 1. The molecule has 30 heavy (non-hydrogen) atoms. The molecule has 0 amide bonds. The number of nitrogens with zero attached hydrogens (tertiary/aromatic N) is 4. The Hall–Kier alpha value is -3.63. The number of rotatable bonds is 7. The number of ether oxygens (including phenoxy) is 1. The van der Waals surface area contributed by atoms with Crippen molar-refractivity contribution in [2.75, 3.05) is 0 Å². The van der Waals surface area contributed by atoms with Crippen LogP contribution in [0.1, 0.15) is 16.1 Å². The molecule has 0 atom stereocenters. The van der Waals surface area contributed by atoms with Crippen LogP contribution in [-0.2, 0) is 11.6 Å². The first-order chi connectivity index (χ1) is 14.3. The highest BCUT2D eigenvalue weighted by atomic mass is 35.5. The molecule has 3 rings (SSSR count). The van der Waals surface area contributed by atoms with Crippen LogP contribution < -0.4 is 10.5 Å². The molecular formula is C18H13Cl2N5O5. The van der Waals surface area contributed by atoms with Crippen LogP contribution in [0.3, 0.4) is 0 Å². The topological polar surface area (TPSA) is 135 Å². The van der Waals surface area contributed by atoms with E-state index in [9.17, 15) is 14.9 Å². The van der Waals surface area contributed by atoms with Gasteiger partial charge < -0.3 is 15.3 Å². The van der Waals surface area contributed by atoms with E-state index < -0.39 is 10.9 Å². The van der Waals surface area contributed by atoms with Crippen molar-refractivity contribution >= 4 is 40.7 Å². The number of non-ortho nitro benzene ring substituents is 1. The molecule has 154 valence electrons. The third kappa shape index (κ3) is 5.04. The minimum absolute atomic E-state index is 0.0262. The van der Waals surface area contributed by atoms with E-state index in [2.05, 4.69) is 10.3 Å². The van der Waals surface area contributed by atoms with Crippen LogP contribution in [0, 0.1) is 10.1 Å². The van der Waals surface area contributed by atoms with Crippen molar-refractivity contribution < 1.29 is 19.3 Å². The maximum atomic E-state index is 12.1. The maximum Gasteiger partial charge on any atom is 0.385 e. The Kier molecular flexibility index (Phi) is 6.50. The Bertz CT molecular complexity index is 1110. The SMILES string of the molecule is N/C(=N\OC(=O)c1ccn(COc2cccc(Cl)c2Cl)n1)c1ccc([N+](=O)[O-])cc1. The molecular weight excluding hydrogens is 437 g/mol.